The van der Waals surface area contributed by atoms with Crippen molar-refractivity contribution in [1.29, 1.82) is 0 Å². The van der Waals surface area contributed by atoms with Gasteiger partial charge in [0.2, 0.25) is 10.0 Å². The normalized spacial score (nSPS) is 14.8. The molecule has 2 unspecified atom stereocenters. The second-order valence-corrected chi connectivity index (χ2v) is 7.48. The molecule has 114 valence electrons. The maximum absolute atomic E-state index is 13.6. The summed E-state index contributed by atoms with van der Waals surface area (Å²) >= 11 is 0. The molecule has 6 nitrogen and oxygen atoms in total. The van der Waals surface area contributed by atoms with Gasteiger partial charge in [0, 0.05) is 28.9 Å². The Morgan fingerprint density at radius 2 is 2.10 bits per heavy atom. The molecule has 0 amide bonds. The number of rotatable bonds is 6. The lowest BCUT2D eigenvalue weighted by Crippen LogP contribution is -2.36. The standard InChI is InChI=1S/C11H17FN2O4S2/c1-7(6-19(3)15)14-20(16,17)8-4-9(12)11(18-2)10(13)5-8/h4-5,7,14H,6,13H2,1-3H3. The van der Waals surface area contributed by atoms with Gasteiger partial charge < -0.3 is 10.5 Å². The van der Waals surface area contributed by atoms with Gasteiger partial charge in [0.15, 0.2) is 11.6 Å². The fourth-order valence-electron chi connectivity index (χ4n) is 1.68. The topological polar surface area (TPSA) is 98.5 Å². The lowest BCUT2D eigenvalue weighted by atomic mass is 10.3. The van der Waals surface area contributed by atoms with Gasteiger partial charge in [-0.25, -0.2) is 17.5 Å². The molecule has 0 aromatic heterocycles. The fourth-order valence-corrected chi connectivity index (χ4v) is 3.86. The predicted octanol–water partition coefficient (Wildman–Crippen LogP) is 0.462. The molecule has 0 saturated heterocycles. The van der Waals surface area contributed by atoms with E-state index in [9.17, 15) is 17.0 Å². The average Bonchev–Trinajstić information content (AvgIpc) is 2.26. The molecule has 9 heteroatoms. The molecule has 0 aliphatic carbocycles. The quantitative estimate of drug-likeness (QED) is 0.741. The molecule has 0 heterocycles. The summed E-state index contributed by atoms with van der Waals surface area (Å²) in [6, 6.07) is 1.39. The minimum atomic E-state index is -3.94. The number of methoxy groups -OCH3 is 1. The van der Waals surface area contributed by atoms with Crippen molar-refractivity contribution < 1.29 is 21.8 Å². The van der Waals surface area contributed by atoms with Crippen LogP contribution in [0.15, 0.2) is 17.0 Å². The molecule has 0 aliphatic heterocycles. The van der Waals surface area contributed by atoms with Crippen LogP contribution in [0.5, 0.6) is 5.75 Å². The Labute approximate surface area is 120 Å². The fraction of sp³-hybridized carbons (Fsp3) is 0.455. The van der Waals surface area contributed by atoms with Crippen molar-refractivity contribution >= 4 is 26.5 Å². The summed E-state index contributed by atoms with van der Waals surface area (Å²) in [5, 5.41) is 0. The molecule has 0 bridgehead atoms. The zero-order valence-electron chi connectivity index (χ0n) is 11.3. The largest absolute Gasteiger partial charge is 0.492 e. The van der Waals surface area contributed by atoms with Gasteiger partial charge >= 0.3 is 0 Å². The van der Waals surface area contributed by atoms with E-state index in [-0.39, 0.29) is 22.1 Å². The van der Waals surface area contributed by atoms with Crippen LogP contribution in [0.3, 0.4) is 0 Å². The van der Waals surface area contributed by atoms with Gasteiger partial charge in [-0.15, -0.1) is 0 Å². The van der Waals surface area contributed by atoms with Crippen molar-refractivity contribution in [3.63, 3.8) is 0 Å². The molecule has 2 atom stereocenters. The summed E-state index contributed by atoms with van der Waals surface area (Å²) in [4.78, 5) is -0.304. The number of nitrogens with two attached hydrogens (primary N) is 1. The maximum atomic E-state index is 13.6. The maximum Gasteiger partial charge on any atom is 0.241 e. The van der Waals surface area contributed by atoms with Crippen LogP contribution < -0.4 is 15.2 Å². The molecule has 1 aromatic carbocycles. The van der Waals surface area contributed by atoms with E-state index >= 15 is 0 Å². The highest BCUT2D eigenvalue weighted by atomic mass is 32.2. The van der Waals surface area contributed by atoms with Crippen molar-refractivity contribution in [3.8, 4) is 5.75 Å². The number of halogens is 1. The molecule has 0 fully saturated rings. The molecule has 3 N–H and O–H groups in total. The second kappa shape index (κ2) is 6.51. The minimum Gasteiger partial charge on any atom is -0.492 e. The number of anilines is 1. The number of hydrogen-bond acceptors (Lipinski definition) is 5. The van der Waals surface area contributed by atoms with Gasteiger partial charge in [-0.2, -0.15) is 0 Å². The van der Waals surface area contributed by atoms with Crippen molar-refractivity contribution in [3.05, 3.63) is 17.9 Å². The van der Waals surface area contributed by atoms with Gasteiger partial charge in [0.1, 0.15) is 0 Å². The van der Waals surface area contributed by atoms with E-state index in [1.807, 2.05) is 0 Å². The Kier molecular flexibility index (Phi) is 5.49. The number of benzene rings is 1. The first-order chi connectivity index (χ1) is 9.17. The van der Waals surface area contributed by atoms with Crippen LogP contribution in [0.1, 0.15) is 6.92 Å². The van der Waals surface area contributed by atoms with Crippen molar-refractivity contribution in [2.45, 2.75) is 17.9 Å². The van der Waals surface area contributed by atoms with Crippen LogP contribution >= 0.6 is 0 Å². The van der Waals surface area contributed by atoms with Gasteiger partial charge in [0.25, 0.3) is 0 Å². The molecule has 0 saturated carbocycles. The summed E-state index contributed by atoms with van der Waals surface area (Å²) in [5.41, 5.74) is 5.42. The summed E-state index contributed by atoms with van der Waals surface area (Å²) < 4.78 is 55.8. The Bertz CT molecular complexity index is 596. The van der Waals surface area contributed by atoms with Crippen LogP contribution in [0.2, 0.25) is 0 Å². The smallest absolute Gasteiger partial charge is 0.241 e. The van der Waals surface area contributed by atoms with Crippen molar-refractivity contribution in [2.75, 3.05) is 24.9 Å². The zero-order chi connectivity index (χ0) is 15.5. The Morgan fingerprint density at radius 1 is 1.50 bits per heavy atom. The number of sulfonamides is 1. The second-order valence-electron chi connectivity index (χ2n) is 4.29. The SMILES string of the molecule is COc1c(N)cc(S(=O)(=O)NC(C)CS(C)=O)cc1F. The first kappa shape index (κ1) is 16.9. The molecule has 1 rings (SSSR count). The van der Waals surface area contributed by atoms with Gasteiger partial charge in [0.05, 0.1) is 17.7 Å². The van der Waals surface area contributed by atoms with E-state index in [0.29, 0.717) is 0 Å². The third kappa shape index (κ3) is 4.15. The van der Waals surface area contributed by atoms with Crippen LogP contribution in [-0.2, 0) is 20.8 Å². The van der Waals surface area contributed by atoms with E-state index in [1.54, 1.807) is 6.92 Å². The summed E-state index contributed by atoms with van der Waals surface area (Å²) in [7, 11) is -3.85. The predicted molar refractivity (Wildman–Crippen MR) is 76.1 cm³/mol. The van der Waals surface area contributed by atoms with E-state index in [0.717, 1.165) is 12.1 Å². The molecule has 1 aromatic rings. The van der Waals surface area contributed by atoms with E-state index in [4.69, 9.17) is 10.5 Å². The zero-order valence-corrected chi connectivity index (χ0v) is 13.0. The van der Waals surface area contributed by atoms with Gasteiger partial charge in [-0.1, -0.05) is 0 Å². The number of nitrogens with one attached hydrogen (secondary N) is 1. The Morgan fingerprint density at radius 3 is 2.55 bits per heavy atom. The van der Waals surface area contributed by atoms with Crippen LogP contribution in [-0.4, -0.2) is 37.8 Å². The molecular weight excluding hydrogens is 307 g/mol. The lowest BCUT2D eigenvalue weighted by molar-refractivity contribution is 0.388. The van der Waals surface area contributed by atoms with Crippen molar-refractivity contribution in [2.24, 2.45) is 0 Å². The number of ether oxygens (including phenoxy) is 1. The molecule has 0 spiro atoms. The molecular formula is C11H17FN2O4S2. The molecule has 20 heavy (non-hydrogen) atoms. The third-order valence-electron chi connectivity index (χ3n) is 2.40. The third-order valence-corrected chi connectivity index (χ3v) is 4.94. The monoisotopic (exact) mass is 324 g/mol. The first-order valence-electron chi connectivity index (χ1n) is 5.62. The van der Waals surface area contributed by atoms with E-state index in [2.05, 4.69) is 4.72 Å². The lowest BCUT2D eigenvalue weighted by Gasteiger charge is -2.14. The van der Waals surface area contributed by atoms with Crippen molar-refractivity contribution in [1.82, 2.24) is 4.72 Å². The van der Waals surface area contributed by atoms with Crippen LogP contribution in [0, 0.1) is 5.82 Å². The van der Waals surface area contributed by atoms with E-state index < -0.39 is 32.7 Å². The van der Waals surface area contributed by atoms with Gasteiger partial charge in [-0.3, -0.25) is 4.21 Å². The number of nitrogen functional groups attached to an aromatic ring is 1. The summed E-state index contributed by atoms with van der Waals surface area (Å²) in [5.74, 6) is -0.904. The van der Waals surface area contributed by atoms with Gasteiger partial charge in [-0.05, 0) is 19.1 Å². The summed E-state index contributed by atoms with van der Waals surface area (Å²) in [6.45, 7) is 1.57. The van der Waals surface area contributed by atoms with E-state index in [1.165, 1.54) is 13.4 Å². The highest BCUT2D eigenvalue weighted by Gasteiger charge is 2.21. The van der Waals surface area contributed by atoms with Crippen LogP contribution in [0.25, 0.3) is 0 Å². The Hall–Kier alpha value is -1.19. The highest BCUT2D eigenvalue weighted by molar-refractivity contribution is 7.89. The molecule has 0 radical (unpaired) electrons. The van der Waals surface area contributed by atoms with Crippen LogP contribution in [0.4, 0.5) is 10.1 Å². The Balaban J connectivity index is 3.07. The summed E-state index contributed by atoms with van der Waals surface area (Å²) in [6.07, 6.45) is 1.47. The highest BCUT2D eigenvalue weighted by Crippen LogP contribution is 2.28. The first-order valence-corrected chi connectivity index (χ1v) is 8.83. The number of hydrogen-bond donors (Lipinski definition) is 2. The minimum absolute atomic E-state index is 0.111. The average molecular weight is 324 g/mol. The molecule has 0 aliphatic rings.